The Hall–Kier alpha value is -2.06. The molecule has 0 bridgehead atoms. The van der Waals surface area contributed by atoms with E-state index in [1.54, 1.807) is 0 Å². The summed E-state index contributed by atoms with van der Waals surface area (Å²) in [4.78, 5) is 8.17. The summed E-state index contributed by atoms with van der Waals surface area (Å²) in [5.74, 6) is 0.934. The van der Waals surface area contributed by atoms with E-state index in [9.17, 15) is 0 Å². The third kappa shape index (κ3) is 2.99. The molecule has 0 spiro atoms. The van der Waals surface area contributed by atoms with Crippen molar-refractivity contribution in [3.05, 3.63) is 40.2 Å². The summed E-state index contributed by atoms with van der Waals surface area (Å²) < 4.78 is 0. The van der Waals surface area contributed by atoms with E-state index in [1.165, 1.54) is 11.3 Å². The van der Waals surface area contributed by atoms with E-state index in [0.29, 0.717) is 0 Å². The Morgan fingerprint density at radius 2 is 2.17 bits per heavy atom. The standard InChI is InChI=1S/C13H14N4S/c1-17(2)13-6-3-10(8-16-13)15-9-12-5-4-11(7-14)18-12/h3-6,8,15H,9H2,1-2H3. The van der Waals surface area contributed by atoms with Crippen LogP contribution in [-0.2, 0) is 6.54 Å². The lowest BCUT2D eigenvalue weighted by atomic mass is 10.3. The summed E-state index contributed by atoms with van der Waals surface area (Å²) in [5.41, 5.74) is 0.979. The Labute approximate surface area is 111 Å². The summed E-state index contributed by atoms with van der Waals surface area (Å²) in [7, 11) is 3.93. The first-order valence-electron chi connectivity index (χ1n) is 5.55. The van der Waals surface area contributed by atoms with Crippen molar-refractivity contribution in [3.63, 3.8) is 0 Å². The van der Waals surface area contributed by atoms with Gasteiger partial charge in [0.1, 0.15) is 16.8 Å². The highest BCUT2D eigenvalue weighted by Crippen LogP contribution is 2.17. The molecule has 0 unspecified atom stereocenters. The van der Waals surface area contributed by atoms with Crippen LogP contribution in [0.15, 0.2) is 30.5 Å². The van der Waals surface area contributed by atoms with E-state index in [4.69, 9.17) is 5.26 Å². The Morgan fingerprint density at radius 1 is 1.33 bits per heavy atom. The molecular formula is C13H14N4S. The van der Waals surface area contributed by atoms with E-state index >= 15 is 0 Å². The number of nitrogens with zero attached hydrogens (tertiary/aromatic N) is 3. The van der Waals surface area contributed by atoms with Gasteiger partial charge in [0.05, 0.1) is 11.9 Å². The second kappa shape index (κ2) is 5.52. The molecule has 0 aliphatic rings. The zero-order valence-electron chi connectivity index (χ0n) is 10.3. The highest BCUT2D eigenvalue weighted by Gasteiger charge is 2.00. The van der Waals surface area contributed by atoms with Gasteiger partial charge in [0.25, 0.3) is 0 Å². The summed E-state index contributed by atoms with van der Waals surface area (Å²) in [6.45, 7) is 0.718. The van der Waals surface area contributed by atoms with E-state index in [-0.39, 0.29) is 0 Å². The van der Waals surface area contributed by atoms with Crippen LogP contribution in [0, 0.1) is 11.3 Å². The number of nitriles is 1. The lowest BCUT2D eigenvalue weighted by molar-refractivity contribution is 1.06. The Bertz CT molecular complexity index is 551. The van der Waals surface area contributed by atoms with Crippen LogP contribution in [0.25, 0.3) is 0 Å². The van der Waals surface area contributed by atoms with Gasteiger partial charge in [-0.05, 0) is 24.3 Å². The maximum Gasteiger partial charge on any atom is 0.128 e. The molecule has 1 N–H and O–H groups in total. The SMILES string of the molecule is CN(C)c1ccc(NCc2ccc(C#N)s2)cn1. The van der Waals surface area contributed by atoms with Crippen LogP contribution in [0.3, 0.4) is 0 Å². The first kappa shape index (κ1) is 12.4. The maximum atomic E-state index is 8.74. The molecule has 92 valence electrons. The van der Waals surface area contributed by atoms with Gasteiger partial charge in [0, 0.05) is 25.5 Å². The van der Waals surface area contributed by atoms with Crippen LogP contribution in [0.2, 0.25) is 0 Å². The normalized spacial score (nSPS) is 9.83. The minimum absolute atomic E-state index is 0.718. The molecule has 0 atom stereocenters. The average molecular weight is 258 g/mol. The minimum atomic E-state index is 0.718. The van der Waals surface area contributed by atoms with E-state index < -0.39 is 0 Å². The number of nitrogens with one attached hydrogen (secondary N) is 1. The molecule has 0 aliphatic heterocycles. The summed E-state index contributed by atoms with van der Waals surface area (Å²) in [6, 6.07) is 9.92. The minimum Gasteiger partial charge on any atom is -0.379 e. The van der Waals surface area contributed by atoms with Crippen molar-refractivity contribution in [2.24, 2.45) is 0 Å². The van der Waals surface area contributed by atoms with Gasteiger partial charge in [-0.3, -0.25) is 0 Å². The van der Waals surface area contributed by atoms with E-state index in [2.05, 4.69) is 16.4 Å². The highest BCUT2D eigenvalue weighted by atomic mass is 32.1. The number of aromatic nitrogens is 1. The predicted molar refractivity (Wildman–Crippen MR) is 74.9 cm³/mol. The second-order valence-electron chi connectivity index (χ2n) is 4.03. The molecule has 2 aromatic heterocycles. The van der Waals surface area contributed by atoms with Crippen LogP contribution >= 0.6 is 11.3 Å². The van der Waals surface area contributed by atoms with Crippen molar-refractivity contribution in [1.82, 2.24) is 4.98 Å². The smallest absolute Gasteiger partial charge is 0.128 e. The van der Waals surface area contributed by atoms with Crippen LogP contribution < -0.4 is 10.2 Å². The lowest BCUT2D eigenvalue weighted by Gasteiger charge is -2.11. The average Bonchev–Trinajstić information content (AvgIpc) is 2.85. The molecular weight excluding hydrogens is 244 g/mol. The van der Waals surface area contributed by atoms with Crippen molar-refractivity contribution in [2.45, 2.75) is 6.54 Å². The monoisotopic (exact) mass is 258 g/mol. The Balaban J connectivity index is 1.96. The molecule has 2 heterocycles. The van der Waals surface area contributed by atoms with Gasteiger partial charge in [-0.2, -0.15) is 5.26 Å². The molecule has 18 heavy (non-hydrogen) atoms. The van der Waals surface area contributed by atoms with Crippen molar-refractivity contribution < 1.29 is 0 Å². The van der Waals surface area contributed by atoms with Gasteiger partial charge >= 0.3 is 0 Å². The Kier molecular flexibility index (Phi) is 3.80. The number of pyridine rings is 1. The predicted octanol–water partition coefficient (Wildman–Crippen LogP) is 2.69. The fourth-order valence-corrected chi connectivity index (χ4v) is 2.22. The first-order valence-corrected chi connectivity index (χ1v) is 6.37. The molecule has 0 radical (unpaired) electrons. The molecule has 2 aromatic rings. The molecule has 0 aromatic carbocycles. The van der Waals surface area contributed by atoms with Gasteiger partial charge in [-0.25, -0.2) is 4.98 Å². The fraction of sp³-hybridized carbons (Fsp3) is 0.231. The number of anilines is 2. The van der Waals surface area contributed by atoms with Crippen LogP contribution in [0.4, 0.5) is 11.5 Å². The third-order valence-corrected chi connectivity index (χ3v) is 3.43. The van der Waals surface area contributed by atoms with Crippen molar-refractivity contribution in [3.8, 4) is 6.07 Å². The van der Waals surface area contributed by atoms with Crippen molar-refractivity contribution in [2.75, 3.05) is 24.3 Å². The fourth-order valence-electron chi connectivity index (χ4n) is 1.48. The van der Waals surface area contributed by atoms with E-state index in [0.717, 1.165) is 27.8 Å². The van der Waals surface area contributed by atoms with Crippen molar-refractivity contribution in [1.29, 1.82) is 5.26 Å². The number of rotatable bonds is 4. The first-order chi connectivity index (χ1) is 8.69. The number of thiophene rings is 1. The molecule has 0 aliphatic carbocycles. The number of hydrogen-bond acceptors (Lipinski definition) is 5. The van der Waals surface area contributed by atoms with Gasteiger partial charge < -0.3 is 10.2 Å². The van der Waals surface area contributed by atoms with Gasteiger partial charge in [0.2, 0.25) is 0 Å². The summed E-state index contributed by atoms with van der Waals surface area (Å²) >= 11 is 1.51. The van der Waals surface area contributed by atoms with Gasteiger partial charge in [-0.1, -0.05) is 0 Å². The van der Waals surface area contributed by atoms with Gasteiger partial charge in [-0.15, -0.1) is 11.3 Å². The molecule has 0 saturated heterocycles. The highest BCUT2D eigenvalue weighted by molar-refractivity contribution is 7.12. The van der Waals surface area contributed by atoms with Crippen LogP contribution in [-0.4, -0.2) is 19.1 Å². The molecule has 0 amide bonds. The topological polar surface area (TPSA) is 52.0 Å². The third-order valence-electron chi connectivity index (χ3n) is 2.44. The van der Waals surface area contributed by atoms with Crippen molar-refractivity contribution >= 4 is 22.8 Å². The summed E-state index contributed by atoms with van der Waals surface area (Å²) in [6.07, 6.45) is 1.81. The van der Waals surface area contributed by atoms with Crippen LogP contribution in [0.1, 0.15) is 9.75 Å². The van der Waals surface area contributed by atoms with Gasteiger partial charge in [0.15, 0.2) is 0 Å². The number of hydrogen-bond donors (Lipinski definition) is 1. The van der Waals surface area contributed by atoms with E-state index in [1.807, 2.05) is 49.5 Å². The zero-order valence-corrected chi connectivity index (χ0v) is 11.2. The second-order valence-corrected chi connectivity index (χ2v) is 5.20. The summed E-state index contributed by atoms with van der Waals surface area (Å²) in [5, 5.41) is 12.0. The molecule has 4 nitrogen and oxygen atoms in total. The zero-order chi connectivity index (χ0) is 13.0. The molecule has 5 heteroatoms. The molecule has 2 rings (SSSR count). The largest absolute Gasteiger partial charge is 0.379 e. The molecule has 0 saturated carbocycles. The quantitative estimate of drug-likeness (QED) is 0.916. The Morgan fingerprint density at radius 3 is 2.72 bits per heavy atom. The maximum absolute atomic E-state index is 8.74. The van der Waals surface area contributed by atoms with Crippen LogP contribution in [0.5, 0.6) is 0 Å². The lowest BCUT2D eigenvalue weighted by Crippen LogP contribution is -2.10. The molecule has 0 fully saturated rings.